The predicted molar refractivity (Wildman–Crippen MR) is 77.4 cm³/mol. The zero-order valence-corrected chi connectivity index (χ0v) is 12.0. The molecule has 0 saturated heterocycles. The van der Waals surface area contributed by atoms with Gasteiger partial charge in [0.05, 0.1) is 0 Å². The van der Waals surface area contributed by atoms with Gasteiger partial charge in [0.25, 0.3) is 0 Å². The van der Waals surface area contributed by atoms with Gasteiger partial charge in [0, 0.05) is 4.90 Å². The Morgan fingerprint density at radius 3 is 2.53 bits per heavy atom. The predicted octanol–water partition coefficient (Wildman–Crippen LogP) is 3.98. The number of carboxylic acid groups (broad SMARTS) is 1. The zero-order valence-electron chi connectivity index (χ0n) is 11.2. The quantitative estimate of drug-likeness (QED) is 0.845. The summed E-state index contributed by atoms with van der Waals surface area (Å²) in [6.45, 7) is 2.05. The summed E-state index contributed by atoms with van der Waals surface area (Å²) in [4.78, 5) is 12.7. The van der Waals surface area contributed by atoms with Gasteiger partial charge in [-0.3, -0.25) is 4.79 Å². The lowest BCUT2D eigenvalue weighted by Crippen LogP contribution is -2.30. The molecule has 1 N–H and O–H groups in total. The second-order valence-electron chi connectivity index (χ2n) is 6.03. The second-order valence-corrected chi connectivity index (χ2v) is 7.24. The standard InChI is InChI=1S/C16H20O2S/c1-10-2-6-13(7-3-10)19-15(16(17)18)14-9-11-4-5-12(14)8-11/h2-3,6-7,11-12,14-15H,4-5,8-9H2,1H3,(H,17,18). The van der Waals surface area contributed by atoms with E-state index in [4.69, 9.17) is 0 Å². The number of benzene rings is 1. The smallest absolute Gasteiger partial charge is 0.317 e. The van der Waals surface area contributed by atoms with Gasteiger partial charge in [0.15, 0.2) is 0 Å². The van der Waals surface area contributed by atoms with E-state index in [2.05, 4.69) is 19.1 Å². The Balaban J connectivity index is 1.74. The van der Waals surface area contributed by atoms with Gasteiger partial charge < -0.3 is 5.11 Å². The summed E-state index contributed by atoms with van der Waals surface area (Å²) in [5, 5.41) is 9.29. The molecule has 2 aliphatic carbocycles. The Bertz CT molecular complexity index is 468. The van der Waals surface area contributed by atoms with Crippen molar-refractivity contribution in [1.29, 1.82) is 0 Å². The molecule has 4 unspecified atom stereocenters. The Labute approximate surface area is 118 Å². The number of carbonyl (C=O) groups is 1. The Hall–Kier alpha value is -0.960. The second kappa shape index (κ2) is 5.20. The van der Waals surface area contributed by atoms with Crippen LogP contribution in [0.4, 0.5) is 0 Å². The minimum absolute atomic E-state index is 0.266. The highest BCUT2D eigenvalue weighted by atomic mass is 32.2. The van der Waals surface area contributed by atoms with Crippen molar-refractivity contribution in [3.8, 4) is 0 Å². The van der Waals surface area contributed by atoms with E-state index in [1.54, 1.807) is 11.8 Å². The first-order valence-corrected chi connectivity index (χ1v) is 7.97. The van der Waals surface area contributed by atoms with Crippen molar-refractivity contribution in [2.24, 2.45) is 17.8 Å². The minimum Gasteiger partial charge on any atom is -0.480 e. The number of rotatable bonds is 4. The van der Waals surface area contributed by atoms with Gasteiger partial charge in [-0.25, -0.2) is 0 Å². The molecular formula is C16H20O2S. The van der Waals surface area contributed by atoms with Crippen molar-refractivity contribution in [2.45, 2.75) is 42.8 Å². The number of hydrogen-bond donors (Lipinski definition) is 1. The molecular weight excluding hydrogens is 256 g/mol. The van der Waals surface area contributed by atoms with Gasteiger partial charge in [0.1, 0.15) is 5.25 Å². The van der Waals surface area contributed by atoms with E-state index in [1.165, 1.54) is 24.8 Å². The summed E-state index contributed by atoms with van der Waals surface area (Å²) in [6.07, 6.45) is 4.96. The van der Waals surface area contributed by atoms with Crippen molar-refractivity contribution in [2.75, 3.05) is 0 Å². The van der Waals surface area contributed by atoms with Gasteiger partial charge in [-0.15, -0.1) is 11.8 Å². The third-order valence-electron chi connectivity index (χ3n) is 4.71. The van der Waals surface area contributed by atoms with Crippen molar-refractivity contribution in [1.82, 2.24) is 0 Å². The number of aryl methyl sites for hydroxylation is 1. The first-order chi connectivity index (χ1) is 9.13. The topological polar surface area (TPSA) is 37.3 Å². The highest BCUT2D eigenvalue weighted by Crippen LogP contribution is 2.52. The van der Waals surface area contributed by atoms with Gasteiger partial charge in [-0.2, -0.15) is 0 Å². The van der Waals surface area contributed by atoms with E-state index in [0.29, 0.717) is 11.8 Å². The molecule has 1 aromatic rings. The summed E-state index contributed by atoms with van der Waals surface area (Å²) in [6, 6.07) is 8.20. The zero-order chi connectivity index (χ0) is 13.4. The molecule has 2 nitrogen and oxygen atoms in total. The normalized spacial score (nSPS) is 30.5. The van der Waals surface area contributed by atoms with Crippen LogP contribution in [0, 0.1) is 24.7 Å². The largest absolute Gasteiger partial charge is 0.480 e. The highest BCUT2D eigenvalue weighted by Gasteiger charge is 2.45. The first kappa shape index (κ1) is 13.0. The molecule has 0 aliphatic heterocycles. The van der Waals surface area contributed by atoms with Crippen LogP contribution in [0.5, 0.6) is 0 Å². The van der Waals surface area contributed by atoms with Gasteiger partial charge >= 0.3 is 5.97 Å². The van der Waals surface area contributed by atoms with Crippen molar-refractivity contribution in [3.63, 3.8) is 0 Å². The molecule has 3 rings (SSSR count). The average molecular weight is 276 g/mol. The van der Waals surface area contributed by atoms with Crippen LogP contribution >= 0.6 is 11.8 Å². The maximum absolute atomic E-state index is 11.6. The van der Waals surface area contributed by atoms with Crippen molar-refractivity contribution in [3.05, 3.63) is 29.8 Å². The fraction of sp³-hybridized carbons (Fsp3) is 0.562. The molecule has 2 bridgehead atoms. The summed E-state index contributed by atoms with van der Waals surface area (Å²) < 4.78 is 0. The number of fused-ring (bicyclic) bond motifs is 2. The highest BCUT2D eigenvalue weighted by molar-refractivity contribution is 8.00. The van der Waals surface area contributed by atoms with Crippen LogP contribution in [0.2, 0.25) is 0 Å². The van der Waals surface area contributed by atoms with Crippen LogP contribution in [0.25, 0.3) is 0 Å². The van der Waals surface area contributed by atoms with Crippen LogP contribution in [0.3, 0.4) is 0 Å². The molecule has 1 aromatic carbocycles. The molecule has 0 spiro atoms. The lowest BCUT2D eigenvalue weighted by atomic mass is 9.86. The monoisotopic (exact) mass is 276 g/mol. The van der Waals surface area contributed by atoms with E-state index in [1.807, 2.05) is 12.1 Å². The fourth-order valence-electron chi connectivity index (χ4n) is 3.75. The lowest BCUT2D eigenvalue weighted by molar-refractivity contribution is -0.137. The molecule has 19 heavy (non-hydrogen) atoms. The van der Waals surface area contributed by atoms with Crippen molar-refractivity contribution >= 4 is 17.7 Å². The average Bonchev–Trinajstić information content (AvgIpc) is 3.00. The van der Waals surface area contributed by atoms with Crippen LogP contribution < -0.4 is 0 Å². The SMILES string of the molecule is Cc1ccc(SC(C(=O)O)C2CC3CCC2C3)cc1. The molecule has 2 aliphatic rings. The number of thioether (sulfide) groups is 1. The minimum atomic E-state index is -0.636. The molecule has 0 radical (unpaired) electrons. The van der Waals surface area contributed by atoms with E-state index >= 15 is 0 Å². The fourth-order valence-corrected chi connectivity index (χ4v) is 4.94. The van der Waals surface area contributed by atoms with E-state index < -0.39 is 5.97 Å². The summed E-state index contributed by atoms with van der Waals surface area (Å²) >= 11 is 1.54. The molecule has 0 heterocycles. The molecule has 4 atom stereocenters. The first-order valence-electron chi connectivity index (χ1n) is 7.09. The van der Waals surface area contributed by atoms with Gasteiger partial charge in [-0.05, 0) is 56.1 Å². The van der Waals surface area contributed by atoms with E-state index in [0.717, 1.165) is 17.2 Å². The number of carboxylic acids is 1. The van der Waals surface area contributed by atoms with Crippen LogP contribution in [0.1, 0.15) is 31.2 Å². The Kier molecular flexibility index (Phi) is 3.57. The van der Waals surface area contributed by atoms with Gasteiger partial charge in [0.2, 0.25) is 0 Å². The van der Waals surface area contributed by atoms with Gasteiger partial charge in [-0.1, -0.05) is 24.1 Å². The maximum Gasteiger partial charge on any atom is 0.317 e. The third kappa shape index (κ3) is 2.66. The van der Waals surface area contributed by atoms with Crippen molar-refractivity contribution < 1.29 is 9.90 Å². The Morgan fingerprint density at radius 2 is 2.00 bits per heavy atom. The van der Waals surface area contributed by atoms with Crippen LogP contribution in [0.15, 0.2) is 29.2 Å². The molecule has 0 amide bonds. The number of hydrogen-bond acceptors (Lipinski definition) is 2. The number of aliphatic carboxylic acids is 1. The molecule has 3 heteroatoms. The molecule has 2 saturated carbocycles. The van der Waals surface area contributed by atoms with Crippen LogP contribution in [-0.4, -0.2) is 16.3 Å². The maximum atomic E-state index is 11.6. The third-order valence-corrected chi connectivity index (χ3v) is 6.06. The lowest BCUT2D eigenvalue weighted by Gasteiger charge is -2.27. The Morgan fingerprint density at radius 1 is 1.26 bits per heavy atom. The van der Waals surface area contributed by atoms with Crippen LogP contribution in [-0.2, 0) is 4.79 Å². The summed E-state index contributed by atoms with van der Waals surface area (Å²) in [5.41, 5.74) is 1.22. The molecule has 0 aromatic heterocycles. The molecule has 2 fully saturated rings. The molecule has 102 valence electrons. The summed E-state index contributed by atoms with van der Waals surface area (Å²) in [7, 11) is 0. The van der Waals surface area contributed by atoms with E-state index in [-0.39, 0.29) is 5.25 Å². The van der Waals surface area contributed by atoms with E-state index in [9.17, 15) is 9.90 Å². The summed E-state index contributed by atoms with van der Waals surface area (Å²) in [5.74, 6) is 1.20.